The molecule has 1 amide bonds. The van der Waals surface area contributed by atoms with Crippen molar-refractivity contribution in [3.63, 3.8) is 0 Å². The Hall–Kier alpha value is -3.41. The molecule has 3 rings (SSSR count). The van der Waals surface area contributed by atoms with E-state index in [1.165, 1.54) is 11.3 Å². The number of hydrogen-bond donors (Lipinski definition) is 2. The van der Waals surface area contributed by atoms with Gasteiger partial charge < -0.3 is 15.5 Å². The van der Waals surface area contributed by atoms with Crippen LogP contribution in [-0.2, 0) is 6.42 Å². The third kappa shape index (κ3) is 5.54. The molecule has 6 nitrogen and oxygen atoms in total. The highest BCUT2D eigenvalue weighted by Gasteiger charge is 2.06. The predicted molar refractivity (Wildman–Crippen MR) is 113 cm³/mol. The average molecular weight is 375 g/mol. The monoisotopic (exact) mass is 375 g/mol. The normalized spacial score (nSPS) is 10.4. The van der Waals surface area contributed by atoms with Gasteiger partial charge in [-0.2, -0.15) is 0 Å². The van der Waals surface area contributed by atoms with Gasteiger partial charge in [-0.05, 0) is 54.8 Å². The average Bonchev–Trinajstić information content (AvgIpc) is 2.72. The Balaban J connectivity index is 1.47. The SMILES string of the molecule is CN(C)c1ccc(CCCNC(=O)c2cccc(Nc3ncccn3)c2)cc1. The number of benzene rings is 2. The summed E-state index contributed by atoms with van der Waals surface area (Å²) in [6.45, 7) is 0.633. The van der Waals surface area contributed by atoms with Crippen molar-refractivity contribution in [2.24, 2.45) is 0 Å². The highest BCUT2D eigenvalue weighted by molar-refractivity contribution is 5.95. The fourth-order valence-electron chi connectivity index (χ4n) is 2.79. The van der Waals surface area contributed by atoms with Crippen LogP contribution in [-0.4, -0.2) is 36.5 Å². The molecule has 0 fully saturated rings. The number of nitrogens with zero attached hydrogens (tertiary/aromatic N) is 3. The molecule has 0 unspecified atom stereocenters. The van der Waals surface area contributed by atoms with Gasteiger partial charge in [0.05, 0.1) is 0 Å². The van der Waals surface area contributed by atoms with Crippen molar-refractivity contribution in [3.8, 4) is 0 Å². The van der Waals surface area contributed by atoms with Gasteiger partial charge in [0.15, 0.2) is 0 Å². The van der Waals surface area contributed by atoms with Crippen molar-refractivity contribution in [1.29, 1.82) is 0 Å². The van der Waals surface area contributed by atoms with Crippen molar-refractivity contribution < 1.29 is 4.79 Å². The first-order valence-electron chi connectivity index (χ1n) is 9.30. The van der Waals surface area contributed by atoms with E-state index in [4.69, 9.17) is 0 Å². The van der Waals surface area contributed by atoms with Crippen LogP contribution >= 0.6 is 0 Å². The van der Waals surface area contributed by atoms with E-state index in [9.17, 15) is 4.79 Å². The summed E-state index contributed by atoms with van der Waals surface area (Å²) in [4.78, 5) is 22.7. The van der Waals surface area contributed by atoms with Gasteiger partial charge in [0.25, 0.3) is 5.91 Å². The summed E-state index contributed by atoms with van der Waals surface area (Å²) >= 11 is 0. The zero-order valence-corrected chi connectivity index (χ0v) is 16.2. The number of hydrogen-bond acceptors (Lipinski definition) is 5. The third-order valence-corrected chi connectivity index (χ3v) is 4.33. The number of amides is 1. The van der Waals surface area contributed by atoms with E-state index in [-0.39, 0.29) is 5.91 Å². The number of carbonyl (C=O) groups excluding carboxylic acids is 1. The largest absolute Gasteiger partial charge is 0.378 e. The highest BCUT2D eigenvalue weighted by atomic mass is 16.1. The fraction of sp³-hybridized carbons (Fsp3) is 0.227. The van der Waals surface area contributed by atoms with E-state index in [2.05, 4.69) is 49.8 Å². The summed E-state index contributed by atoms with van der Waals surface area (Å²) in [5.74, 6) is 0.418. The molecule has 1 aromatic heterocycles. The van der Waals surface area contributed by atoms with Crippen molar-refractivity contribution in [2.45, 2.75) is 12.8 Å². The number of anilines is 3. The van der Waals surface area contributed by atoms with Crippen LogP contribution < -0.4 is 15.5 Å². The van der Waals surface area contributed by atoms with Crippen LogP contribution in [0, 0.1) is 0 Å². The standard InChI is InChI=1S/C22H25N5O/c1-27(2)20-11-9-17(10-12-20)6-4-13-23-21(28)18-7-3-8-19(16-18)26-22-24-14-5-15-25-22/h3,5,7-12,14-16H,4,6,13H2,1-2H3,(H,23,28)(H,24,25,26). The van der Waals surface area contributed by atoms with Crippen molar-refractivity contribution >= 4 is 23.2 Å². The van der Waals surface area contributed by atoms with Gasteiger partial charge >= 0.3 is 0 Å². The quantitative estimate of drug-likeness (QED) is 0.588. The molecule has 6 heteroatoms. The van der Waals surface area contributed by atoms with Crippen LogP contribution in [0.5, 0.6) is 0 Å². The molecule has 3 aromatic rings. The number of carbonyl (C=O) groups is 1. The molecule has 0 atom stereocenters. The van der Waals surface area contributed by atoms with E-state index in [1.54, 1.807) is 30.6 Å². The number of aryl methyl sites for hydroxylation is 1. The first-order valence-corrected chi connectivity index (χ1v) is 9.30. The molecule has 28 heavy (non-hydrogen) atoms. The second-order valence-corrected chi connectivity index (χ2v) is 6.70. The summed E-state index contributed by atoms with van der Waals surface area (Å²) in [6.07, 6.45) is 5.16. The maximum Gasteiger partial charge on any atom is 0.251 e. The van der Waals surface area contributed by atoms with Crippen LogP contribution in [0.1, 0.15) is 22.3 Å². The van der Waals surface area contributed by atoms with Crippen molar-refractivity contribution in [3.05, 3.63) is 78.1 Å². The van der Waals surface area contributed by atoms with Gasteiger partial charge in [-0.1, -0.05) is 18.2 Å². The molecule has 2 N–H and O–H groups in total. The van der Waals surface area contributed by atoms with E-state index in [0.29, 0.717) is 18.1 Å². The Morgan fingerprint density at radius 1 is 1.00 bits per heavy atom. The second kappa shape index (κ2) is 9.50. The minimum atomic E-state index is -0.0828. The highest BCUT2D eigenvalue weighted by Crippen LogP contribution is 2.15. The van der Waals surface area contributed by atoms with Crippen LogP contribution in [0.3, 0.4) is 0 Å². The van der Waals surface area contributed by atoms with Gasteiger partial charge in [0.1, 0.15) is 0 Å². The summed E-state index contributed by atoms with van der Waals surface area (Å²) in [7, 11) is 4.06. The zero-order chi connectivity index (χ0) is 19.8. The van der Waals surface area contributed by atoms with Crippen molar-refractivity contribution in [1.82, 2.24) is 15.3 Å². The molecule has 0 aliphatic carbocycles. The lowest BCUT2D eigenvalue weighted by atomic mass is 10.1. The van der Waals surface area contributed by atoms with Gasteiger partial charge in [-0.15, -0.1) is 0 Å². The molecule has 2 aromatic carbocycles. The van der Waals surface area contributed by atoms with Crippen LogP contribution in [0.25, 0.3) is 0 Å². The van der Waals surface area contributed by atoms with E-state index < -0.39 is 0 Å². The maximum atomic E-state index is 12.4. The summed E-state index contributed by atoms with van der Waals surface area (Å²) in [5.41, 5.74) is 3.84. The van der Waals surface area contributed by atoms with Crippen LogP contribution in [0.2, 0.25) is 0 Å². The van der Waals surface area contributed by atoms with Crippen LogP contribution in [0.4, 0.5) is 17.3 Å². The smallest absolute Gasteiger partial charge is 0.251 e. The van der Waals surface area contributed by atoms with Crippen molar-refractivity contribution in [2.75, 3.05) is 30.9 Å². The minimum Gasteiger partial charge on any atom is -0.378 e. The molecular formula is C22H25N5O. The lowest BCUT2D eigenvalue weighted by Gasteiger charge is -2.12. The predicted octanol–water partition coefficient (Wildman–Crippen LogP) is 3.65. The summed E-state index contributed by atoms with van der Waals surface area (Å²) < 4.78 is 0. The van der Waals surface area contributed by atoms with Gasteiger partial charge in [-0.25, -0.2) is 9.97 Å². The molecule has 0 saturated heterocycles. The molecule has 0 aliphatic rings. The second-order valence-electron chi connectivity index (χ2n) is 6.70. The molecule has 0 aliphatic heterocycles. The molecule has 144 valence electrons. The Labute approximate surface area is 165 Å². The molecule has 0 spiro atoms. The lowest BCUT2D eigenvalue weighted by molar-refractivity contribution is 0.0953. The molecule has 1 heterocycles. The number of aromatic nitrogens is 2. The summed E-state index contributed by atoms with van der Waals surface area (Å²) in [5, 5.41) is 6.08. The first-order chi connectivity index (χ1) is 13.6. The Morgan fingerprint density at radius 2 is 1.75 bits per heavy atom. The molecule has 0 radical (unpaired) electrons. The van der Waals surface area contributed by atoms with Crippen LogP contribution in [0.15, 0.2) is 67.0 Å². The molecule has 0 bridgehead atoms. The number of nitrogens with one attached hydrogen (secondary N) is 2. The van der Waals surface area contributed by atoms with E-state index >= 15 is 0 Å². The first kappa shape index (κ1) is 19.4. The zero-order valence-electron chi connectivity index (χ0n) is 16.2. The minimum absolute atomic E-state index is 0.0828. The van der Waals surface area contributed by atoms with E-state index in [0.717, 1.165) is 18.5 Å². The lowest BCUT2D eigenvalue weighted by Crippen LogP contribution is -2.24. The topological polar surface area (TPSA) is 70.2 Å². The summed E-state index contributed by atoms with van der Waals surface area (Å²) in [6, 6.07) is 17.6. The van der Waals surface area contributed by atoms with Gasteiger partial charge in [0.2, 0.25) is 5.95 Å². The third-order valence-electron chi connectivity index (χ3n) is 4.33. The Kier molecular flexibility index (Phi) is 6.57. The van der Waals surface area contributed by atoms with E-state index in [1.807, 2.05) is 26.2 Å². The van der Waals surface area contributed by atoms with Gasteiger partial charge in [0, 0.05) is 50.0 Å². The number of rotatable bonds is 8. The molecule has 0 saturated carbocycles. The van der Waals surface area contributed by atoms with Gasteiger partial charge in [-0.3, -0.25) is 4.79 Å². The maximum absolute atomic E-state index is 12.4. The Bertz CT molecular complexity index is 894. The molecular weight excluding hydrogens is 350 g/mol. The fourth-order valence-corrected chi connectivity index (χ4v) is 2.79. The Morgan fingerprint density at radius 3 is 2.46 bits per heavy atom.